The Bertz CT molecular complexity index is 676. The van der Waals surface area contributed by atoms with Crippen molar-refractivity contribution in [2.75, 3.05) is 23.3 Å². The molecular weight excluding hydrogens is 276 g/mol. The molecule has 0 unspecified atom stereocenters. The SMILES string of the molecule is Cc1ccc(NC(=O)c2cnc(N3CCCC3)nc2)c(C)c1. The maximum absolute atomic E-state index is 12.3. The van der Waals surface area contributed by atoms with Crippen molar-refractivity contribution in [2.24, 2.45) is 0 Å². The fourth-order valence-electron chi connectivity index (χ4n) is 2.67. The lowest BCUT2D eigenvalue weighted by Gasteiger charge is -2.14. The van der Waals surface area contributed by atoms with Crippen molar-refractivity contribution in [1.82, 2.24) is 9.97 Å². The molecule has 2 heterocycles. The zero-order chi connectivity index (χ0) is 15.5. The number of aryl methyl sites for hydroxylation is 2. The first kappa shape index (κ1) is 14.5. The summed E-state index contributed by atoms with van der Waals surface area (Å²) < 4.78 is 0. The number of benzene rings is 1. The van der Waals surface area contributed by atoms with E-state index in [1.54, 1.807) is 12.4 Å². The summed E-state index contributed by atoms with van der Waals surface area (Å²) in [4.78, 5) is 23.1. The molecule has 0 bridgehead atoms. The number of aromatic nitrogens is 2. The molecule has 2 aromatic rings. The van der Waals surface area contributed by atoms with Crippen molar-refractivity contribution >= 4 is 17.5 Å². The second-order valence-electron chi connectivity index (χ2n) is 5.74. The molecule has 5 nitrogen and oxygen atoms in total. The second-order valence-corrected chi connectivity index (χ2v) is 5.74. The molecule has 22 heavy (non-hydrogen) atoms. The maximum atomic E-state index is 12.3. The molecule has 1 N–H and O–H groups in total. The molecule has 5 heteroatoms. The van der Waals surface area contributed by atoms with Gasteiger partial charge < -0.3 is 10.2 Å². The molecule has 0 radical (unpaired) electrons. The van der Waals surface area contributed by atoms with E-state index in [0.29, 0.717) is 11.5 Å². The third-order valence-electron chi connectivity index (χ3n) is 3.92. The molecule has 0 aliphatic carbocycles. The molecule has 1 aromatic heterocycles. The number of hydrogen-bond donors (Lipinski definition) is 1. The summed E-state index contributed by atoms with van der Waals surface area (Å²) in [6, 6.07) is 5.94. The Morgan fingerprint density at radius 3 is 2.45 bits per heavy atom. The van der Waals surface area contributed by atoms with Gasteiger partial charge in [0.2, 0.25) is 5.95 Å². The maximum Gasteiger partial charge on any atom is 0.258 e. The molecule has 1 amide bonds. The van der Waals surface area contributed by atoms with Crippen LogP contribution in [0, 0.1) is 13.8 Å². The summed E-state index contributed by atoms with van der Waals surface area (Å²) in [6.45, 7) is 6.00. The van der Waals surface area contributed by atoms with Gasteiger partial charge in [-0.15, -0.1) is 0 Å². The van der Waals surface area contributed by atoms with Gasteiger partial charge >= 0.3 is 0 Å². The Morgan fingerprint density at radius 2 is 1.82 bits per heavy atom. The number of hydrogen-bond acceptors (Lipinski definition) is 4. The molecule has 0 atom stereocenters. The molecule has 1 aliphatic heterocycles. The molecular formula is C17H20N4O. The third kappa shape index (κ3) is 3.08. The van der Waals surface area contributed by atoms with E-state index < -0.39 is 0 Å². The molecule has 1 saturated heterocycles. The monoisotopic (exact) mass is 296 g/mol. The highest BCUT2D eigenvalue weighted by Gasteiger charge is 2.15. The highest BCUT2D eigenvalue weighted by atomic mass is 16.1. The summed E-state index contributed by atoms with van der Waals surface area (Å²) in [6.07, 6.45) is 5.55. The largest absolute Gasteiger partial charge is 0.341 e. The molecule has 3 rings (SSSR count). The van der Waals surface area contributed by atoms with Gasteiger partial charge in [0, 0.05) is 31.2 Å². The van der Waals surface area contributed by atoms with Gasteiger partial charge in [0.05, 0.1) is 5.56 Å². The smallest absolute Gasteiger partial charge is 0.258 e. The molecule has 1 fully saturated rings. The van der Waals surface area contributed by atoms with Gasteiger partial charge in [0.1, 0.15) is 0 Å². The van der Waals surface area contributed by atoms with Crippen LogP contribution in [0.15, 0.2) is 30.6 Å². The molecule has 1 aliphatic rings. The van der Waals surface area contributed by atoms with Gasteiger partial charge in [-0.1, -0.05) is 17.7 Å². The average Bonchev–Trinajstić information content (AvgIpc) is 3.04. The normalized spacial score (nSPS) is 14.2. The van der Waals surface area contributed by atoms with Crippen LogP contribution in [-0.4, -0.2) is 29.0 Å². The van der Waals surface area contributed by atoms with Crippen molar-refractivity contribution in [1.29, 1.82) is 0 Å². The lowest BCUT2D eigenvalue weighted by atomic mass is 10.1. The van der Waals surface area contributed by atoms with E-state index >= 15 is 0 Å². The molecule has 1 aromatic carbocycles. The number of nitrogens with one attached hydrogen (secondary N) is 1. The van der Waals surface area contributed by atoms with Crippen molar-refractivity contribution in [3.05, 3.63) is 47.3 Å². The van der Waals surface area contributed by atoms with E-state index in [9.17, 15) is 4.79 Å². The van der Waals surface area contributed by atoms with Crippen LogP contribution in [0.3, 0.4) is 0 Å². The van der Waals surface area contributed by atoms with Gasteiger partial charge in [-0.3, -0.25) is 4.79 Å². The van der Waals surface area contributed by atoms with Crippen LogP contribution in [0.4, 0.5) is 11.6 Å². The average molecular weight is 296 g/mol. The summed E-state index contributed by atoms with van der Waals surface area (Å²) in [7, 11) is 0. The number of amides is 1. The predicted octanol–water partition coefficient (Wildman–Crippen LogP) is 2.95. The van der Waals surface area contributed by atoms with Crippen LogP contribution in [-0.2, 0) is 0 Å². The summed E-state index contributed by atoms with van der Waals surface area (Å²) >= 11 is 0. The van der Waals surface area contributed by atoms with Crippen molar-refractivity contribution in [3.8, 4) is 0 Å². The fraction of sp³-hybridized carbons (Fsp3) is 0.353. The van der Waals surface area contributed by atoms with E-state index in [1.807, 2.05) is 32.0 Å². The third-order valence-corrected chi connectivity index (χ3v) is 3.92. The second kappa shape index (κ2) is 6.13. The Balaban J connectivity index is 1.71. The van der Waals surface area contributed by atoms with Gasteiger partial charge in [0.15, 0.2) is 0 Å². The Hall–Kier alpha value is -2.43. The summed E-state index contributed by atoms with van der Waals surface area (Å²) in [5.41, 5.74) is 3.51. The first-order valence-electron chi connectivity index (χ1n) is 7.59. The molecule has 114 valence electrons. The van der Waals surface area contributed by atoms with Crippen molar-refractivity contribution in [3.63, 3.8) is 0 Å². The highest BCUT2D eigenvalue weighted by molar-refractivity contribution is 6.04. The Labute approximate surface area is 130 Å². The van der Waals surface area contributed by atoms with E-state index in [-0.39, 0.29) is 5.91 Å². The molecule has 0 spiro atoms. The van der Waals surface area contributed by atoms with Crippen LogP contribution in [0.2, 0.25) is 0 Å². The van der Waals surface area contributed by atoms with E-state index in [4.69, 9.17) is 0 Å². The molecule has 0 saturated carbocycles. The van der Waals surface area contributed by atoms with Gasteiger partial charge in [-0.05, 0) is 38.3 Å². The Kier molecular flexibility index (Phi) is 4.04. The first-order chi connectivity index (χ1) is 10.6. The van der Waals surface area contributed by atoms with Crippen LogP contribution in [0.25, 0.3) is 0 Å². The lowest BCUT2D eigenvalue weighted by Crippen LogP contribution is -2.21. The minimum Gasteiger partial charge on any atom is -0.341 e. The van der Waals surface area contributed by atoms with Crippen molar-refractivity contribution < 1.29 is 4.79 Å². The van der Waals surface area contributed by atoms with E-state index in [2.05, 4.69) is 20.2 Å². The lowest BCUT2D eigenvalue weighted by molar-refractivity contribution is 0.102. The minimum absolute atomic E-state index is 0.181. The van der Waals surface area contributed by atoms with Crippen LogP contribution in [0.1, 0.15) is 34.3 Å². The van der Waals surface area contributed by atoms with Crippen LogP contribution < -0.4 is 10.2 Å². The standard InChI is InChI=1S/C17H20N4O/c1-12-5-6-15(13(2)9-12)20-16(22)14-10-18-17(19-11-14)21-7-3-4-8-21/h5-6,9-11H,3-4,7-8H2,1-2H3,(H,20,22). The number of anilines is 2. The topological polar surface area (TPSA) is 58.1 Å². The van der Waals surface area contributed by atoms with Crippen LogP contribution in [0.5, 0.6) is 0 Å². The highest BCUT2D eigenvalue weighted by Crippen LogP contribution is 2.18. The number of carbonyl (C=O) groups is 1. The number of rotatable bonds is 3. The summed E-state index contributed by atoms with van der Waals surface area (Å²) in [5, 5.41) is 2.91. The van der Waals surface area contributed by atoms with E-state index in [0.717, 1.165) is 24.3 Å². The fourth-order valence-corrected chi connectivity index (χ4v) is 2.67. The predicted molar refractivity (Wildman–Crippen MR) is 87.3 cm³/mol. The number of nitrogens with zero attached hydrogens (tertiary/aromatic N) is 3. The zero-order valence-electron chi connectivity index (χ0n) is 13.0. The first-order valence-corrected chi connectivity index (χ1v) is 7.59. The van der Waals surface area contributed by atoms with E-state index in [1.165, 1.54) is 18.4 Å². The zero-order valence-corrected chi connectivity index (χ0v) is 13.0. The van der Waals surface area contributed by atoms with Crippen LogP contribution >= 0.6 is 0 Å². The van der Waals surface area contributed by atoms with Gasteiger partial charge in [0.25, 0.3) is 5.91 Å². The number of carbonyl (C=O) groups excluding carboxylic acids is 1. The quantitative estimate of drug-likeness (QED) is 0.946. The Morgan fingerprint density at radius 1 is 1.14 bits per heavy atom. The summed E-state index contributed by atoms with van der Waals surface area (Å²) in [5.74, 6) is 0.528. The minimum atomic E-state index is -0.181. The van der Waals surface area contributed by atoms with Gasteiger partial charge in [-0.25, -0.2) is 9.97 Å². The van der Waals surface area contributed by atoms with Gasteiger partial charge in [-0.2, -0.15) is 0 Å². The van der Waals surface area contributed by atoms with Crippen molar-refractivity contribution in [2.45, 2.75) is 26.7 Å².